The van der Waals surface area contributed by atoms with Crippen molar-refractivity contribution in [3.63, 3.8) is 0 Å². The Labute approximate surface area is 95.9 Å². The molecule has 0 aliphatic carbocycles. The summed E-state index contributed by atoms with van der Waals surface area (Å²) in [6.45, 7) is 0. The zero-order valence-corrected chi connectivity index (χ0v) is 8.76. The van der Waals surface area contributed by atoms with Gasteiger partial charge in [0.25, 0.3) is 5.60 Å². The molecule has 0 fully saturated rings. The fraction of sp³-hybridized carbons (Fsp3) is 0.200. The molecule has 1 aromatic rings. The van der Waals surface area contributed by atoms with Crippen LogP contribution in [0.25, 0.3) is 0 Å². The summed E-state index contributed by atoms with van der Waals surface area (Å²) in [4.78, 5) is 21.5. The van der Waals surface area contributed by atoms with E-state index in [2.05, 4.69) is 0 Å². The third-order valence-corrected chi connectivity index (χ3v) is 2.68. The molecule has 5 nitrogen and oxygen atoms in total. The summed E-state index contributed by atoms with van der Waals surface area (Å²) in [6, 6.07) is 7.67. The number of halogens is 1. The molecule has 0 aliphatic heterocycles. The van der Waals surface area contributed by atoms with Crippen LogP contribution in [0.5, 0.6) is 0 Å². The van der Waals surface area contributed by atoms with Gasteiger partial charge in [0, 0.05) is 0 Å². The monoisotopic (exact) mass is 244 g/mol. The molecule has 0 radical (unpaired) electrons. The van der Waals surface area contributed by atoms with Crippen molar-refractivity contribution in [2.24, 2.45) is 0 Å². The van der Waals surface area contributed by atoms with Gasteiger partial charge in [-0.3, -0.25) is 0 Å². The predicted octanol–water partition coefficient (Wildman–Crippen LogP) is 0.867. The number of rotatable bonds is 4. The van der Waals surface area contributed by atoms with Gasteiger partial charge in [0.2, 0.25) is 0 Å². The quantitative estimate of drug-likeness (QED) is 0.540. The van der Waals surface area contributed by atoms with Crippen molar-refractivity contribution in [1.29, 1.82) is 0 Å². The Morgan fingerprint density at radius 3 is 1.94 bits per heavy atom. The van der Waals surface area contributed by atoms with Gasteiger partial charge in [-0.05, 0) is 5.56 Å². The number of hydrogen-bond donors (Lipinski definition) is 3. The van der Waals surface area contributed by atoms with Gasteiger partial charge in [-0.1, -0.05) is 30.3 Å². The van der Waals surface area contributed by atoms with Crippen molar-refractivity contribution in [2.75, 3.05) is 0 Å². The minimum atomic E-state index is -3.04. The van der Waals surface area contributed by atoms with Crippen LogP contribution in [-0.4, -0.2) is 32.9 Å². The third kappa shape index (κ3) is 2.00. The summed E-state index contributed by atoms with van der Waals surface area (Å²) in [5.41, 5.74) is -2.82. The van der Waals surface area contributed by atoms with E-state index in [4.69, 9.17) is 21.8 Å². The largest absolute Gasteiger partial charge is 0.479 e. The van der Waals surface area contributed by atoms with Gasteiger partial charge < -0.3 is 15.3 Å². The molecule has 0 aromatic heterocycles. The minimum absolute atomic E-state index is 0.219. The standard InChI is InChI=1S/C10H9ClO5/c11-7(6-4-2-1-3-5-6)10(16,8(12)13)9(14)15/h1-5,7,16H,(H,12,13)(H,14,15). The maximum absolute atomic E-state index is 10.8. The van der Waals surface area contributed by atoms with Crippen LogP contribution in [0.1, 0.15) is 10.9 Å². The lowest BCUT2D eigenvalue weighted by Crippen LogP contribution is -2.50. The van der Waals surface area contributed by atoms with E-state index in [-0.39, 0.29) is 5.56 Å². The van der Waals surface area contributed by atoms with Gasteiger partial charge in [-0.2, -0.15) is 0 Å². The zero-order valence-electron chi connectivity index (χ0n) is 8.00. The lowest BCUT2D eigenvalue weighted by Gasteiger charge is -2.23. The molecule has 0 saturated heterocycles. The van der Waals surface area contributed by atoms with Crippen LogP contribution in [0.4, 0.5) is 0 Å². The molecule has 16 heavy (non-hydrogen) atoms. The van der Waals surface area contributed by atoms with Crippen molar-refractivity contribution >= 4 is 23.5 Å². The number of aliphatic carboxylic acids is 2. The first kappa shape index (κ1) is 12.5. The Hall–Kier alpha value is -1.59. The zero-order chi connectivity index (χ0) is 12.3. The van der Waals surface area contributed by atoms with Gasteiger partial charge in [-0.25, -0.2) is 9.59 Å². The molecule has 1 unspecified atom stereocenters. The van der Waals surface area contributed by atoms with Gasteiger partial charge >= 0.3 is 11.9 Å². The average Bonchev–Trinajstić information content (AvgIpc) is 2.27. The van der Waals surface area contributed by atoms with Crippen LogP contribution >= 0.6 is 11.6 Å². The van der Waals surface area contributed by atoms with E-state index >= 15 is 0 Å². The Kier molecular flexibility index (Phi) is 3.51. The molecule has 0 saturated carbocycles. The van der Waals surface area contributed by atoms with E-state index in [1.807, 2.05) is 0 Å². The molecule has 0 heterocycles. The van der Waals surface area contributed by atoms with Crippen molar-refractivity contribution in [2.45, 2.75) is 11.0 Å². The fourth-order valence-corrected chi connectivity index (χ4v) is 1.50. The van der Waals surface area contributed by atoms with Crippen LogP contribution in [0.3, 0.4) is 0 Å². The van der Waals surface area contributed by atoms with Crippen molar-refractivity contribution in [1.82, 2.24) is 0 Å². The second kappa shape index (κ2) is 4.51. The lowest BCUT2D eigenvalue weighted by molar-refractivity contribution is -0.176. The smallest absolute Gasteiger partial charge is 0.349 e. The van der Waals surface area contributed by atoms with Crippen LogP contribution in [-0.2, 0) is 9.59 Å². The average molecular weight is 245 g/mol. The Bertz CT molecular complexity index is 389. The molecule has 1 atom stereocenters. The molecule has 1 aromatic carbocycles. The molecule has 0 aliphatic rings. The highest BCUT2D eigenvalue weighted by atomic mass is 35.5. The van der Waals surface area contributed by atoms with Crippen LogP contribution in [0, 0.1) is 0 Å². The van der Waals surface area contributed by atoms with E-state index < -0.39 is 22.9 Å². The third-order valence-electron chi connectivity index (χ3n) is 2.11. The summed E-state index contributed by atoms with van der Waals surface area (Å²) in [5, 5.41) is 25.4. The first-order valence-corrected chi connectivity index (χ1v) is 4.72. The van der Waals surface area contributed by atoms with Crippen molar-refractivity contribution in [3.8, 4) is 0 Å². The minimum Gasteiger partial charge on any atom is -0.479 e. The fourth-order valence-electron chi connectivity index (χ4n) is 1.17. The van der Waals surface area contributed by atoms with Gasteiger partial charge in [-0.15, -0.1) is 11.6 Å². The van der Waals surface area contributed by atoms with E-state index in [1.54, 1.807) is 18.2 Å². The number of carboxylic acid groups (broad SMARTS) is 2. The molecular formula is C10H9ClO5. The molecule has 0 spiro atoms. The van der Waals surface area contributed by atoms with E-state index in [1.165, 1.54) is 12.1 Å². The summed E-state index contributed by atoms with van der Waals surface area (Å²) in [6.07, 6.45) is 0. The summed E-state index contributed by atoms with van der Waals surface area (Å²) in [7, 11) is 0. The number of carboxylic acids is 2. The highest BCUT2D eigenvalue weighted by Gasteiger charge is 2.52. The van der Waals surface area contributed by atoms with Crippen molar-refractivity contribution < 1.29 is 24.9 Å². The Morgan fingerprint density at radius 2 is 1.56 bits per heavy atom. The Balaban J connectivity index is 3.16. The van der Waals surface area contributed by atoms with Crippen molar-refractivity contribution in [3.05, 3.63) is 35.9 Å². The first-order chi connectivity index (χ1) is 7.40. The number of carbonyl (C=O) groups is 2. The van der Waals surface area contributed by atoms with Gasteiger partial charge in [0.1, 0.15) is 5.38 Å². The molecule has 1 rings (SSSR count). The van der Waals surface area contributed by atoms with Gasteiger partial charge in [0.15, 0.2) is 0 Å². The highest BCUT2D eigenvalue weighted by Crippen LogP contribution is 2.32. The molecular weight excluding hydrogens is 236 g/mol. The molecule has 0 bridgehead atoms. The second-order valence-electron chi connectivity index (χ2n) is 3.15. The molecule has 6 heteroatoms. The molecule has 86 valence electrons. The second-order valence-corrected chi connectivity index (χ2v) is 3.59. The number of alkyl halides is 1. The predicted molar refractivity (Wildman–Crippen MR) is 55.3 cm³/mol. The molecule has 3 N–H and O–H groups in total. The summed E-state index contributed by atoms with van der Waals surface area (Å²) < 4.78 is 0. The van der Waals surface area contributed by atoms with E-state index in [9.17, 15) is 14.7 Å². The Morgan fingerprint density at radius 1 is 1.12 bits per heavy atom. The first-order valence-electron chi connectivity index (χ1n) is 4.29. The van der Waals surface area contributed by atoms with Crippen LogP contribution in [0.2, 0.25) is 0 Å². The molecule has 0 amide bonds. The number of benzene rings is 1. The van der Waals surface area contributed by atoms with Gasteiger partial charge in [0.05, 0.1) is 0 Å². The summed E-state index contributed by atoms with van der Waals surface area (Å²) >= 11 is 5.69. The maximum atomic E-state index is 10.8. The summed E-state index contributed by atoms with van der Waals surface area (Å²) in [5.74, 6) is -3.80. The maximum Gasteiger partial charge on any atom is 0.349 e. The SMILES string of the molecule is O=C(O)C(O)(C(=O)O)C(Cl)c1ccccc1. The lowest BCUT2D eigenvalue weighted by atomic mass is 9.94. The number of hydrogen-bond acceptors (Lipinski definition) is 3. The highest BCUT2D eigenvalue weighted by molar-refractivity contribution is 6.26. The topological polar surface area (TPSA) is 94.8 Å². The van der Waals surface area contributed by atoms with E-state index in [0.717, 1.165) is 0 Å². The normalized spacial score (nSPS) is 13.1. The van der Waals surface area contributed by atoms with E-state index in [0.29, 0.717) is 0 Å². The van der Waals surface area contributed by atoms with Crippen LogP contribution in [0.15, 0.2) is 30.3 Å². The number of aliphatic hydroxyl groups is 1. The van der Waals surface area contributed by atoms with Crippen LogP contribution < -0.4 is 0 Å².